The third-order valence-electron chi connectivity index (χ3n) is 6.74. The van der Waals surface area contributed by atoms with Crippen LogP contribution in [0.15, 0.2) is 37.0 Å². The first-order chi connectivity index (χ1) is 16.5. The minimum absolute atomic E-state index is 0.0386. The third-order valence-corrected chi connectivity index (χ3v) is 6.99. The Balaban J connectivity index is 1.32. The number of ether oxygens (including phenoxy) is 1. The molecule has 0 radical (unpaired) electrons. The Bertz CT molecular complexity index is 1230. The second kappa shape index (κ2) is 9.43. The SMILES string of the molecule is C=Cc1cccc(CCNc2nc(Cl)c(F)c3nc(OC[C@@]45CCCN4C[C@H](F)C5)ncc23)c1. The van der Waals surface area contributed by atoms with E-state index in [0.717, 1.165) is 36.9 Å². The Kier molecular flexibility index (Phi) is 6.36. The first-order valence-electron chi connectivity index (χ1n) is 11.5. The summed E-state index contributed by atoms with van der Waals surface area (Å²) in [5.74, 6) is -0.317. The van der Waals surface area contributed by atoms with Crippen LogP contribution in [0, 0.1) is 5.82 Å². The highest BCUT2D eigenvalue weighted by molar-refractivity contribution is 6.30. The second-order valence-corrected chi connectivity index (χ2v) is 9.33. The number of nitrogens with one attached hydrogen (secondary N) is 1. The molecular weight excluding hydrogens is 460 g/mol. The summed E-state index contributed by atoms with van der Waals surface area (Å²) in [4.78, 5) is 14.8. The number of rotatable bonds is 8. The zero-order valence-corrected chi connectivity index (χ0v) is 19.5. The average molecular weight is 486 g/mol. The van der Waals surface area contributed by atoms with Crippen LogP contribution in [0.1, 0.15) is 30.4 Å². The summed E-state index contributed by atoms with van der Waals surface area (Å²) in [6.07, 6.45) is 5.49. The molecule has 0 unspecified atom stereocenters. The van der Waals surface area contributed by atoms with Crippen LogP contribution >= 0.6 is 11.6 Å². The summed E-state index contributed by atoms with van der Waals surface area (Å²) in [7, 11) is 0. The first-order valence-corrected chi connectivity index (χ1v) is 11.8. The van der Waals surface area contributed by atoms with Crippen molar-refractivity contribution in [2.24, 2.45) is 0 Å². The van der Waals surface area contributed by atoms with Crippen LogP contribution in [-0.2, 0) is 6.42 Å². The van der Waals surface area contributed by atoms with Crippen molar-refractivity contribution in [1.82, 2.24) is 19.9 Å². The Morgan fingerprint density at radius 3 is 3.09 bits per heavy atom. The molecule has 0 aliphatic carbocycles. The van der Waals surface area contributed by atoms with Gasteiger partial charge in [-0.05, 0) is 36.9 Å². The molecule has 2 aromatic heterocycles. The smallest absolute Gasteiger partial charge is 0.317 e. The van der Waals surface area contributed by atoms with E-state index in [4.69, 9.17) is 16.3 Å². The van der Waals surface area contributed by atoms with Gasteiger partial charge < -0.3 is 10.1 Å². The van der Waals surface area contributed by atoms with Crippen LogP contribution in [0.5, 0.6) is 6.01 Å². The molecule has 2 aliphatic rings. The number of nitrogens with zero attached hydrogens (tertiary/aromatic N) is 4. The van der Waals surface area contributed by atoms with E-state index in [1.54, 1.807) is 6.08 Å². The van der Waals surface area contributed by atoms with E-state index in [-0.39, 0.29) is 28.8 Å². The van der Waals surface area contributed by atoms with Crippen molar-refractivity contribution >= 4 is 34.4 Å². The summed E-state index contributed by atoms with van der Waals surface area (Å²) in [5, 5.41) is 3.36. The normalized spacial score (nSPS) is 22.1. The van der Waals surface area contributed by atoms with E-state index in [2.05, 4.69) is 37.8 Å². The molecule has 2 saturated heterocycles. The topological polar surface area (TPSA) is 63.2 Å². The highest BCUT2D eigenvalue weighted by atomic mass is 35.5. The van der Waals surface area contributed by atoms with Crippen LogP contribution in [0.25, 0.3) is 17.0 Å². The van der Waals surface area contributed by atoms with Crippen LogP contribution in [-0.4, -0.2) is 57.8 Å². The lowest BCUT2D eigenvalue weighted by atomic mass is 9.95. The predicted octanol–water partition coefficient (Wildman–Crippen LogP) is 5.07. The molecule has 2 atom stereocenters. The van der Waals surface area contributed by atoms with Gasteiger partial charge in [-0.2, -0.15) is 4.98 Å². The van der Waals surface area contributed by atoms with Gasteiger partial charge in [-0.25, -0.2) is 18.7 Å². The number of alkyl halides is 1. The zero-order chi connectivity index (χ0) is 23.7. The monoisotopic (exact) mass is 485 g/mol. The lowest BCUT2D eigenvalue weighted by Crippen LogP contribution is -2.43. The number of hydrogen-bond donors (Lipinski definition) is 1. The minimum atomic E-state index is -0.850. The van der Waals surface area contributed by atoms with Gasteiger partial charge >= 0.3 is 6.01 Å². The number of fused-ring (bicyclic) bond motifs is 2. The highest BCUT2D eigenvalue weighted by Crippen LogP contribution is 2.40. The average Bonchev–Trinajstić information content (AvgIpc) is 3.36. The van der Waals surface area contributed by atoms with E-state index in [9.17, 15) is 8.78 Å². The van der Waals surface area contributed by atoms with Crippen molar-refractivity contribution in [3.63, 3.8) is 0 Å². The van der Waals surface area contributed by atoms with E-state index in [0.29, 0.717) is 30.7 Å². The Morgan fingerprint density at radius 1 is 1.35 bits per heavy atom. The molecule has 0 amide bonds. The molecule has 34 heavy (non-hydrogen) atoms. The van der Waals surface area contributed by atoms with Gasteiger partial charge in [-0.1, -0.05) is 48.5 Å². The quantitative estimate of drug-likeness (QED) is 0.449. The van der Waals surface area contributed by atoms with Gasteiger partial charge in [-0.3, -0.25) is 4.90 Å². The Labute approximate surface area is 202 Å². The lowest BCUT2D eigenvalue weighted by molar-refractivity contribution is 0.107. The fourth-order valence-corrected chi connectivity index (χ4v) is 5.24. The standard InChI is InChI=1S/C25H26ClF2N5O/c1-2-16-5-3-6-17(11-16)7-9-29-23-19-13-30-24(31-21(19)20(28)22(26)32-23)34-15-25-8-4-10-33(25)14-18(27)12-25/h2-3,5-6,11,13,18H,1,4,7-10,12,14-15H2,(H,29,32)/t18-,25+/m1/s1. The summed E-state index contributed by atoms with van der Waals surface area (Å²) in [6, 6.07) is 8.11. The van der Waals surface area contributed by atoms with E-state index in [1.807, 2.05) is 18.2 Å². The fraction of sp³-hybridized carbons (Fsp3) is 0.400. The lowest BCUT2D eigenvalue weighted by Gasteiger charge is -2.30. The van der Waals surface area contributed by atoms with Gasteiger partial charge in [0.2, 0.25) is 0 Å². The summed E-state index contributed by atoms with van der Waals surface area (Å²) in [6.45, 7) is 5.93. The highest BCUT2D eigenvalue weighted by Gasteiger charge is 2.49. The molecule has 6 nitrogen and oxygen atoms in total. The maximum absolute atomic E-state index is 14.8. The molecule has 5 rings (SSSR count). The predicted molar refractivity (Wildman–Crippen MR) is 130 cm³/mol. The number of hydrogen-bond acceptors (Lipinski definition) is 6. The summed E-state index contributed by atoms with van der Waals surface area (Å²) >= 11 is 6.06. The molecule has 178 valence electrons. The number of aromatic nitrogens is 3. The van der Waals surface area contributed by atoms with Crippen molar-refractivity contribution in [1.29, 1.82) is 0 Å². The molecular formula is C25H26ClF2N5O. The molecule has 0 bridgehead atoms. The number of benzene rings is 1. The van der Waals surface area contributed by atoms with Crippen LogP contribution in [0.4, 0.5) is 14.6 Å². The van der Waals surface area contributed by atoms with Crippen molar-refractivity contribution in [3.05, 3.63) is 59.1 Å². The molecule has 4 heterocycles. The Morgan fingerprint density at radius 2 is 2.24 bits per heavy atom. The maximum Gasteiger partial charge on any atom is 0.317 e. The fourth-order valence-electron chi connectivity index (χ4n) is 5.06. The van der Waals surface area contributed by atoms with Crippen molar-refractivity contribution in [2.45, 2.75) is 37.4 Å². The molecule has 2 fully saturated rings. The minimum Gasteiger partial charge on any atom is -0.461 e. The van der Waals surface area contributed by atoms with Crippen molar-refractivity contribution in [2.75, 3.05) is 31.6 Å². The number of halogens is 3. The van der Waals surface area contributed by atoms with Gasteiger partial charge in [0.15, 0.2) is 11.0 Å². The van der Waals surface area contributed by atoms with Gasteiger partial charge in [0.05, 0.1) is 10.9 Å². The largest absolute Gasteiger partial charge is 0.461 e. The second-order valence-electron chi connectivity index (χ2n) is 8.97. The molecule has 1 N–H and O–H groups in total. The third kappa shape index (κ3) is 4.44. The van der Waals surface area contributed by atoms with Crippen molar-refractivity contribution in [3.8, 4) is 6.01 Å². The molecule has 1 aromatic carbocycles. The molecule has 2 aliphatic heterocycles. The van der Waals surface area contributed by atoms with Crippen LogP contribution < -0.4 is 10.1 Å². The van der Waals surface area contributed by atoms with E-state index >= 15 is 0 Å². The van der Waals surface area contributed by atoms with Gasteiger partial charge in [0, 0.05) is 25.7 Å². The van der Waals surface area contributed by atoms with Crippen molar-refractivity contribution < 1.29 is 13.5 Å². The number of anilines is 1. The summed E-state index contributed by atoms with van der Waals surface area (Å²) < 4.78 is 34.7. The van der Waals surface area contributed by atoms with Gasteiger partial charge in [-0.15, -0.1) is 0 Å². The van der Waals surface area contributed by atoms with E-state index < -0.39 is 12.0 Å². The van der Waals surface area contributed by atoms with Gasteiger partial charge in [0.25, 0.3) is 0 Å². The molecule has 0 spiro atoms. The van der Waals surface area contributed by atoms with Crippen LogP contribution in [0.2, 0.25) is 5.15 Å². The number of pyridine rings is 1. The molecule has 3 aromatic rings. The summed E-state index contributed by atoms with van der Waals surface area (Å²) in [5.41, 5.74) is 1.89. The van der Waals surface area contributed by atoms with E-state index in [1.165, 1.54) is 6.20 Å². The molecule has 0 saturated carbocycles. The maximum atomic E-state index is 14.8. The molecule has 9 heteroatoms. The first kappa shape index (κ1) is 22.9. The Hall–Kier alpha value is -2.84. The zero-order valence-electron chi connectivity index (χ0n) is 18.7. The van der Waals surface area contributed by atoms with Crippen LogP contribution in [0.3, 0.4) is 0 Å². The van der Waals surface area contributed by atoms with Gasteiger partial charge in [0.1, 0.15) is 24.1 Å².